The molecule has 1 fully saturated rings. The van der Waals surface area contributed by atoms with E-state index in [2.05, 4.69) is 10.1 Å². The minimum Gasteiger partial charge on any atom is -0.290 e. The molecule has 1 aliphatic carbocycles. The lowest BCUT2D eigenvalue weighted by Gasteiger charge is -2.11. The number of carbonyl (C=O) groups excluding carboxylic acids is 1. The maximum Gasteiger partial charge on any atom is 0.217 e. The first kappa shape index (κ1) is 12.7. The second-order valence-corrected chi connectivity index (χ2v) is 6.05. The highest BCUT2D eigenvalue weighted by Crippen LogP contribution is 2.42. The molecule has 1 saturated carbocycles. The summed E-state index contributed by atoms with van der Waals surface area (Å²) in [6.07, 6.45) is 0.0817. The molecule has 0 bridgehead atoms. The molecule has 0 amide bonds. The lowest BCUT2D eigenvalue weighted by Crippen LogP contribution is -2.11. The predicted molar refractivity (Wildman–Crippen MR) is 74.7 cm³/mol. The van der Waals surface area contributed by atoms with Crippen LogP contribution < -0.4 is 0 Å². The largest absolute Gasteiger partial charge is 0.290 e. The first-order chi connectivity index (χ1) is 10.1. The highest BCUT2D eigenvalue weighted by atomic mass is 19.1. The van der Waals surface area contributed by atoms with Crippen LogP contribution in [0.4, 0.5) is 4.39 Å². The number of alkyl halides is 1. The van der Waals surface area contributed by atoms with E-state index in [1.807, 2.05) is 37.3 Å². The first-order valence-corrected chi connectivity index (χ1v) is 7.35. The number of benzene rings is 1. The molecule has 0 spiro atoms. The quantitative estimate of drug-likeness (QED) is 0.814. The van der Waals surface area contributed by atoms with Gasteiger partial charge in [0.15, 0.2) is 12.0 Å². The Morgan fingerprint density at radius 3 is 2.67 bits per heavy atom. The average Bonchev–Trinajstić information content (AvgIpc) is 2.95. The summed E-state index contributed by atoms with van der Waals surface area (Å²) in [6.45, 7) is 2.04. The maximum absolute atomic E-state index is 14.2. The second-order valence-electron chi connectivity index (χ2n) is 6.05. The molecule has 2 aliphatic rings. The molecule has 21 heavy (non-hydrogen) atoms. The Hall–Kier alpha value is -2.04. The normalized spacial score (nSPS) is 30.2. The topological polar surface area (TPSA) is 47.8 Å². The number of fused-ring (bicyclic) bond motifs is 1. The smallest absolute Gasteiger partial charge is 0.217 e. The Kier molecular flexibility index (Phi) is 2.71. The van der Waals surface area contributed by atoms with E-state index in [0.29, 0.717) is 18.2 Å². The van der Waals surface area contributed by atoms with Crippen LogP contribution in [0.2, 0.25) is 0 Å². The van der Waals surface area contributed by atoms with Crippen LogP contribution in [0.15, 0.2) is 30.3 Å². The van der Waals surface area contributed by atoms with E-state index < -0.39 is 6.17 Å². The molecule has 0 N–H and O–H groups in total. The molecule has 1 aliphatic heterocycles. The lowest BCUT2D eigenvalue weighted by molar-refractivity contribution is 0.0951. The van der Waals surface area contributed by atoms with E-state index in [9.17, 15) is 9.18 Å². The van der Waals surface area contributed by atoms with Crippen LogP contribution in [0.25, 0.3) is 0 Å². The zero-order valence-corrected chi connectivity index (χ0v) is 11.7. The summed E-state index contributed by atoms with van der Waals surface area (Å²) in [5, 5.41) is 4.31. The third-order valence-electron chi connectivity index (χ3n) is 4.51. The third kappa shape index (κ3) is 1.99. The number of Topliss-reactive ketones (excluding diaryl/α,β-unsaturated/α-hetero) is 1. The van der Waals surface area contributed by atoms with Gasteiger partial charge in [-0.05, 0) is 17.9 Å². The van der Waals surface area contributed by atoms with Crippen LogP contribution in [0.5, 0.6) is 0 Å². The summed E-state index contributed by atoms with van der Waals surface area (Å²) >= 11 is 0. The number of nitrogens with zero attached hydrogens (tertiary/aromatic N) is 3. The zero-order valence-electron chi connectivity index (χ0n) is 11.7. The minimum absolute atomic E-state index is 0.0290. The van der Waals surface area contributed by atoms with Crippen molar-refractivity contribution in [3.05, 3.63) is 47.5 Å². The predicted octanol–water partition coefficient (Wildman–Crippen LogP) is 3.12. The highest BCUT2D eigenvalue weighted by molar-refractivity contribution is 5.96. The van der Waals surface area contributed by atoms with Gasteiger partial charge in [-0.3, -0.25) is 4.79 Å². The Morgan fingerprint density at radius 2 is 2.00 bits per heavy atom. The van der Waals surface area contributed by atoms with Crippen molar-refractivity contribution in [2.75, 3.05) is 0 Å². The molecule has 1 aromatic heterocycles. The van der Waals surface area contributed by atoms with Crippen LogP contribution in [0, 0.1) is 11.8 Å². The van der Waals surface area contributed by atoms with Crippen LogP contribution in [-0.2, 0) is 0 Å². The van der Waals surface area contributed by atoms with Gasteiger partial charge in [0, 0.05) is 12.3 Å². The Balaban J connectivity index is 1.69. The van der Waals surface area contributed by atoms with Gasteiger partial charge in [0.1, 0.15) is 0 Å². The van der Waals surface area contributed by atoms with Gasteiger partial charge in [-0.1, -0.05) is 37.3 Å². The molecule has 0 radical (unpaired) electrons. The summed E-state index contributed by atoms with van der Waals surface area (Å²) in [7, 11) is 0. The van der Waals surface area contributed by atoms with Crippen molar-refractivity contribution in [1.82, 2.24) is 14.8 Å². The van der Waals surface area contributed by atoms with Gasteiger partial charge in [-0.2, -0.15) is 0 Å². The van der Waals surface area contributed by atoms with Crippen molar-refractivity contribution >= 4 is 5.78 Å². The van der Waals surface area contributed by atoms with Crippen molar-refractivity contribution in [1.29, 1.82) is 0 Å². The fraction of sp³-hybridized carbons (Fsp3) is 0.438. The van der Waals surface area contributed by atoms with Gasteiger partial charge in [0.05, 0.1) is 6.04 Å². The molecule has 108 valence electrons. The molecule has 2 aromatic rings. The van der Waals surface area contributed by atoms with E-state index in [-0.39, 0.29) is 23.6 Å². The number of rotatable bonds is 3. The van der Waals surface area contributed by atoms with Crippen molar-refractivity contribution < 1.29 is 9.18 Å². The molecule has 0 saturated heterocycles. The van der Waals surface area contributed by atoms with Gasteiger partial charge in [0.2, 0.25) is 11.6 Å². The van der Waals surface area contributed by atoms with Crippen LogP contribution in [0.3, 0.4) is 0 Å². The Labute approximate surface area is 122 Å². The van der Waals surface area contributed by atoms with Crippen LogP contribution in [-0.4, -0.2) is 20.5 Å². The Bertz CT molecular complexity index is 697. The number of carbonyl (C=O) groups is 1. The summed E-state index contributed by atoms with van der Waals surface area (Å²) in [5.41, 5.74) is 1.00. The fourth-order valence-electron chi connectivity index (χ4n) is 3.09. The van der Waals surface area contributed by atoms with Gasteiger partial charge < -0.3 is 0 Å². The van der Waals surface area contributed by atoms with E-state index >= 15 is 0 Å². The van der Waals surface area contributed by atoms with Crippen LogP contribution in [0.1, 0.15) is 54.0 Å². The number of hydrogen-bond donors (Lipinski definition) is 0. The molecule has 5 heteroatoms. The first-order valence-electron chi connectivity index (χ1n) is 7.35. The lowest BCUT2D eigenvalue weighted by atomic mass is 10.0. The van der Waals surface area contributed by atoms with Crippen molar-refractivity contribution in [3.8, 4) is 0 Å². The third-order valence-corrected chi connectivity index (χ3v) is 4.51. The van der Waals surface area contributed by atoms with Gasteiger partial charge in [0.25, 0.3) is 0 Å². The summed E-state index contributed by atoms with van der Waals surface area (Å²) < 4.78 is 15.8. The van der Waals surface area contributed by atoms with Crippen molar-refractivity contribution in [2.24, 2.45) is 11.8 Å². The second kappa shape index (κ2) is 4.48. The van der Waals surface area contributed by atoms with Crippen molar-refractivity contribution in [3.63, 3.8) is 0 Å². The minimum atomic E-state index is -1.15. The fourth-order valence-corrected chi connectivity index (χ4v) is 3.09. The van der Waals surface area contributed by atoms with Gasteiger partial charge in [-0.15, -0.1) is 5.10 Å². The monoisotopic (exact) mass is 285 g/mol. The van der Waals surface area contributed by atoms with E-state index in [0.717, 1.165) is 12.0 Å². The van der Waals surface area contributed by atoms with E-state index in [1.165, 1.54) is 0 Å². The van der Waals surface area contributed by atoms with Crippen LogP contribution >= 0.6 is 0 Å². The molecule has 4 rings (SSSR count). The number of ketones is 1. The van der Waals surface area contributed by atoms with E-state index in [4.69, 9.17) is 0 Å². The molecular weight excluding hydrogens is 269 g/mol. The number of aromatic nitrogens is 3. The Morgan fingerprint density at radius 1 is 1.29 bits per heavy atom. The summed E-state index contributed by atoms with van der Waals surface area (Å²) in [4.78, 5) is 16.4. The molecule has 4 nitrogen and oxygen atoms in total. The van der Waals surface area contributed by atoms with Crippen molar-refractivity contribution in [2.45, 2.75) is 32.0 Å². The SMILES string of the molecule is C[C@H]1C[C@H]1C(=O)c1nc2n(n1)[C@H](c1ccccc1)C[C@@H]2F. The zero-order chi connectivity index (χ0) is 14.6. The van der Waals surface area contributed by atoms with E-state index in [1.54, 1.807) is 4.68 Å². The standard InChI is InChI=1S/C16H16FN3O/c1-9-7-11(9)14(21)15-18-16-12(17)8-13(20(16)19-15)10-5-3-2-4-6-10/h2-6,9,11-13H,7-8H2,1H3/t9-,11+,12-,13-/m0/s1. The number of halogens is 1. The molecule has 4 atom stereocenters. The molecule has 2 heterocycles. The van der Waals surface area contributed by atoms with Gasteiger partial charge >= 0.3 is 0 Å². The molecule has 1 aromatic carbocycles. The molecule has 0 unspecified atom stereocenters. The number of hydrogen-bond acceptors (Lipinski definition) is 3. The highest BCUT2D eigenvalue weighted by Gasteiger charge is 2.43. The summed E-state index contributed by atoms with van der Waals surface area (Å²) in [5.74, 6) is 0.870. The van der Waals surface area contributed by atoms with Gasteiger partial charge in [-0.25, -0.2) is 14.1 Å². The average molecular weight is 285 g/mol. The summed E-state index contributed by atoms with van der Waals surface area (Å²) in [6, 6.07) is 9.53. The maximum atomic E-state index is 14.2. The molecular formula is C16H16FN3O.